The van der Waals surface area contributed by atoms with E-state index in [0.717, 1.165) is 36.4 Å². The largest absolute Gasteiger partial charge is 0.492 e. The number of nitro groups is 1. The molecular weight excluding hydrogens is 354 g/mol. The molecule has 0 bridgehead atoms. The molecule has 9 heteroatoms. The Labute approximate surface area is 153 Å². The van der Waals surface area contributed by atoms with Crippen molar-refractivity contribution in [3.63, 3.8) is 0 Å². The van der Waals surface area contributed by atoms with Crippen LogP contribution in [0.5, 0.6) is 5.88 Å². The second-order valence-corrected chi connectivity index (χ2v) is 7.37. The van der Waals surface area contributed by atoms with Crippen LogP contribution in [-0.2, 0) is 6.42 Å². The van der Waals surface area contributed by atoms with Crippen LogP contribution in [0, 0.1) is 10.1 Å². The molecule has 0 amide bonds. The number of nitrogens with zero attached hydrogens (tertiary/aromatic N) is 5. The van der Waals surface area contributed by atoms with Gasteiger partial charge in [0.15, 0.2) is 5.82 Å². The van der Waals surface area contributed by atoms with Gasteiger partial charge in [-0.05, 0) is 31.5 Å². The molecule has 4 rings (SSSR count). The van der Waals surface area contributed by atoms with Gasteiger partial charge >= 0.3 is 0 Å². The summed E-state index contributed by atoms with van der Waals surface area (Å²) in [6.45, 7) is 3.82. The van der Waals surface area contributed by atoms with Crippen LogP contribution in [0.4, 0.5) is 5.69 Å². The van der Waals surface area contributed by atoms with E-state index in [-0.39, 0.29) is 17.6 Å². The SMILES string of the molecule is CCc1nc2sc(C(c3ccc([N+](=O)[O-])cc3)N3CCCC3)c(O)n2n1. The van der Waals surface area contributed by atoms with Gasteiger partial charge in [-0.1, -0.05) is 30.4 Å². The van der Waals surface area contributed by atoms with Crippen molar-refractivity contribution in [1.29, 1.82) is 0 Å². The molecule has 1 aromatic carbocycles. The molecule has 136 valence electrons. The fourth-order valence-electron chi connectivity index (χ4n) is 3.42. The summed E-state index contributed by atoms with van der Waals surface area (Å²) < 4.78 is 1.49. The summed E-state index contributed by atoms with van der Waals surface area (Å²) in [7, 11) is 0. The number of hydrogen-bond acceptors (Lipinski definition) is 7. The summed E-state index contributed by atoms with van der Waals surface area (Å²) in [4.78, 5) is 18.7. The maximum absolute atomic E-state index is 10.9. The van der Waals surface area contributed by atoms with E-state index >= 15 is 0 Å². The predicted molar refractivity (Wildman–Crippen MR) is 97.7 cm³/mol. The zero-order chi connectivity index (χ0) is 18.3. The standard InChI is InChI=1S/C17H19N5O3S/c1-2-13-18-17-21(19-13)16(23)15(26-17)14(20-9-3-4-10-20)11-5-7-12(8-6-11)22(24)25/h5-8,14,23H,2-4,9-10H2,1H3. The number of hydrogen-bond donors (Lipinski definition) is 1. The van der Waals surface area contributed by atoms with Gasteiger partial charge in [0.05, 0.1) is 15.8 Å². The lowest BCUT2D eigenvalue weighted by Gasteiger charge is -2.26. The number of thiazole rings is 1. The third-order valence-corrected chi connectivity index (χ3v) is 5.81. The van der Waals surface area contributed by atoms with E-state index < -0.39 is 4.92 Å². The summed E-state index contributed by atoms with van der Waals surface area (Å²) in [6.07, 6.45) is 2.91. The molecule has 0 radical (unpaired) electrons. The molecule has 0 aliphatic carbocycles. The quantitative estimate of drug-likeness (QED) is 0.545. The lowest BCUT2D eigenvalue weighted by Crippen LogP contribution is -2.26. The van der Waals surface area contributed by atoms with Gasteiger partial charge in [0.25, 0.3) is 5.69 Å². The van der Waals surface area contributed by atoms with Crippen LogP contribution in [-0.4, -0.2) is 42.6 Å². The number of rotatable bonds is 5. The second kappa shape index (κ2) is 6.65. The minimum Gasteiger partial charge on any atom is -0.492 e. The molecule has 8 nitrogen and oxygen atoms in total. The molecule has 1 aliphatic rings. The zero-order valence-electron chi connectivity index (χ0n) is 14.3. The van der Waals surface area contributed by atoms with Gasteiger partial charge in [-0.25, -0.2) is 4.98 Å². The lowest BCUT2D eigenvalue weighted by atomic mass is 10.0. The fourth-order valence-corrected chi connectivity index (χ4v) is 4.56. The number of fused-ring (bicyclic) bond motifs is 1. The molecule has 1 atom stereocenters. The molecule has 0 spiro atoms. The Bertz CT molecular complexity index is 943. The first kappa shape index (κ1) is 16.9. The number of likely N-dealkylation sites (tertiary alicyclic amines) is 1. The Morgan fingerprint density at radius 3 is 2.58 bits per heavy atom. The third-order valence-electron chi connectivity index (χ3n) is 4.73. The van der Waals surface area contributed by atoms with Crippen molar-refractivity contribution < 1.29 is 10.0 Å². The lowest BCUT2D eigenvalue weighted by molar-refractivity contribution is -0.384. The Hall–Kier alpha value is -2.52. The van der Waals surface area contributed by atoms with Crippen LogP contribution < -0.4 is 0 Å². The molecule has 1 unspecified atom stereocenters. The number of aromatic hydroxyl groups is 1. The van der Waals surface area contributed by atoms with Crippen molar-refractivity contribution in [1.82, 2.24) is 19.5 Å². The summed E-state index contributed by atoms with van der Waals surface area (Å²) in [5.74, 6) is 0.804. The minimum absolute atomic E-state index is 0.0633. The monoisotopic (exact) mass is 373 g/mol. The van der Waals surface area contributed by atoms with Crippen molar-refractivity contribution in [3.05, 3.63) is 50.6 Å². The summed E-state index contributed by atoms with van der Waals surface area (Å²) in [5.41, 5.74) is 0.987. The third kappa shape index (κ3) is 2.82. The van der Waals surface area contributed by atoms with Gasteiger partial charge < -0.3 is 5.11 Å². The van der Waals surface area contributed by atoms with E-state index in [1.807, 2.05) is 6.92 Å². The molecule has 1 fully saturated rings. The average molecular weight is 373 g/mol. The summed E-state index contributed by atoms with van der Waals surface area (Å²) in [6, 6.07) is 6.42. The number of aryl methyl sites for hydroxylation is 1. The van der Waals surface area contributed by atoms with Crippen LogP contribution in [0.1, 0.15) is 42.1 Å². The normalized spacial score (nSPS) is 16.3. The van der Waals surface area contributed by atoms with Crippen molar-refractivity contribution >= 4 is 22.0 Å². The van der Waals surface area contributed by atoms with Crippen LogP contribution in [0.15, 0.2) is 24.3 Å². The Kier molecular flexibility index (Phi) is 4.33. The van der Waals surface area contributed by atoms with Crippen molar-refractivity contribution in [3.8, 4) is 5.88 Å². The number of nitro benzene ring substituents is 1. The van der Waals surface area contributed by atoms with Crippen LogP contribution in [0.25, 0.3) is 4.96 Å². The van der Waals surface area contributed by atoms with Gasteiger partial charge in [-0.15, -0.1) is 5.10 Å². The summed E-state index contributed by atoms with van der Waals surface area (Å²) in [5, 5.41) is 26.1. The molecule has 1 aliphatic heterocycles. The van der Waals surface area contributed by atoms with E-state index in [1.54, 1.807) is 12.1 Å². The van der Waals surface area contributed by atoms with Crippen molar-refractivity contribution in [2.75, 3.05) is 13.1 Å². The van der Waals surface area contributed by atoms with Crippen LogP contribution in [0.3, 0.4) is 0 Å². The minimum atomic E-state index is -0.401. The highest BCUT2D eigenvalue weighted by molar-refractivity contribution is 7.17. The van der Waals surface area contributed by atoms with Gasteiger partial charge in [0.2, 0.25) is 10.8 Å². The highest BCUT2D eigenvalue weighted by Crippen LogP contribution is 2.41. The molecule has 1 saturated heterocycles. The molecular formula is C17H19N5O3S. The van der Waals surface area contributed by atoms with Crippen molar-refractivity contribution in [2.45, 2.75) is 32.2 Å². The van der Waals surface area contributed by atoms with Crippen LogP contribution >= 0.6 is 11.3 Å². The summed E-state index contributed by atoms with van der Waals surface area (Å²) >= 11 is 1.42. The van der Waals surface area contributed by atoms with E-state index in [2.05, 4.69) is 15.0 Å². The van der Waals surface area contributed by atoms with Crippen LogP contribution in [0.2, 0.25) is 0 Å². The Morgan fingerprint density at radius 1 is 1.31 bits per heavy atom. The molecule has 0 saturated carbocycles. The van der Waals surface area contributed by atoms with E-state index in [4.69, 9.17) is 0 Å². The number of aromatic nitrogens is 3. The molecule has 2 aromatic heterocycles. The Morgan fingerprint density at radius 2 is 2.00 bits per heavy atom. The highest BCUT2D eigenvalue weighted by Gasteiger charge is 2.31. The van der Waals surface area contributed by atoms with Gasteiger partial charge in [0.1, 0.15) is 0 Å². The van der Waals surface area contributed by atoms with E-state index in [1.165, 1.54) is 28.0 Å². The van der Waals surface area contributed by atoms with Gasteiger partial charge in [-0.2, -0.15) is 4.52 Å². The molecule has 3 heterocycles. The predicted octanol–water partition coefficient (Wildman–Crippen LogP) is 3.15. The second-order valence-electron chi connectivity index (χ2n) is 6.36. The maximum Gasteiger partial charge on any atom is 0.269 e. The Balaban J connectivity index is 1.79. The number of non-ortho nitro benzene ring substituents is 1. The highest BCUT2D eigenvalue weighted by atomic mass is 32.1. The smallest absolute Gasteiger partial charge is 0.269 e. The fraction of sp³-hybridized carbons (Fsp3) is 0.412. The van der Waals surface area contributed by atoms with E-state index in [0.29, 0.717) is 17.2 Å². The maximum atomic E-state index is 10.9. The van der Waals surface area contributed by atoms with Gasteiger partial charge in [0, 0.05) is 18.6 Å². The molecule has 26 heavy (non-hydrogen) atoms. The van der Waals surface area contributed by atoms with Gasteiger partial charge in [-0.3, -0.25) is 15.0 Å². The average Bonchev–Trinajstić information content (AvgIpc) is 3.35. The molecule has 3 aromatic rings. The molecule has 1 N–H and O–H groups in total. The first-order chi connectivity index (χ1) is 12.6. The van der Waals surface area contributed by atoms with Crippen molar-refractivity contribution in [2.24, 2.45) is 0 Å². The topological polar surface area (TPSA) is 96.8 Å². The van der Waals surface area contributed by atoms with E-state index in [9.17, 15) is 15.2 Å². The first-order valence-corrected chi connectivity index (χ1v) is 9.46. The number of benzene rings is 1. The first-order valence-electron chi connectivity index (χ1n) is 8.64. The zero-order valence-corrected chi connectivity index (χ0v) is 15.1.